The van der Waals surface area contributed by atoms with Gasteiger partial charge in [0.2, 0.25) is 0 Å². The number of hydrogen-bond acceptors (Lipinski definition) is 4. The first-order valence-corrected chi connectivity index (χ1v) is 6.82. The van der Waals surface area contributed by atoms with E-state index >= 15 is 0 Å². The number of carbonyl (C=O) groups excluding carboxylic acids is 1. The summed E-state index contributed by atoms with van der Waals surface area (Å²) in [5.41, 5.74) is 8.04. The lowest BCUT2D eigenvalue weighted by Gasteiger charge is -2.07. The molecule has 2 aromatic rings. The first-order valence-electron chi connectivity index (χ1n) is 6.82. The van der Waals surface area contributed by atoms with Crippen LogP contribution in [0, 0.1) is 0 Å². The van der Waals surface area contributed by atoms with Gasteiger partial charge in [0.1, 0.15) is 12.4 Å². The summed E-state index contributed by atoms with van der Waals surface area (Å²) in [5.74, 6) is 0.409. The van der Waals surface area contributed by atoms with Gasteiger partial charge in [0.15, 0.2) is 0 Å². The molecular formula is C17H19NO3. The normalized spacial score (nSPS) is 10.2. The number of hydrogen-bond donors (Lipinski definition) is 1. The van der Waals surface area contributed by atoms with Gasteiger partial charge in [0, 0.05) is 0 Å². The molecule has 0 aromatic heterocycles. The summed E-state index contributed by atoms with van der Waals surface area (Å²) in [6.07, 6.45) is 0.805. The smallest absolute Gasteiger partial charge is 0.338 e. The number of ether oxygens (including phenoxy) is 2. The molecule has 0 radical (unpaired) electrons. The van der Waals surface area contributed by atoms with Crippen molar-refractivity contribution in [2.24, 2.45) is 5.73 Å². The predicted octanol–water partition coefficient (Wildman–Crippen LogP) is 2.55. The third-order valence-electron chi connectivity index (χ3n) is 3.13. The zero-order valence-electron chi connectivity index (χ0n) is 12.0. The summed E-state index contributed by atoms with van der Waals surface area (Å²) in [6, 6.07) is 14.8. The Bertz CT molecular complexity index is 593. The lowest BCUT2D eigenvalue weighted by atomic mass is 10.1. The van der Waals surface area contributed by atoms with Gasteiger partial charge in [0.05, 0.1) is 12.7 Å². The minimum Gasteiger partial charge on any atom is -0.497 e. The highest BCUT2D eigenvalue weighted by Gasteiger charge is 2.07. The summed E-state index contributed by atoms with van der Waals surface area (Å²) < 4.78 is 10.4. The lowest BCUT2D eigenvalue weighted by molar-refractivity contribution is 0.0472. The number of esters is 1. The minimum atomic E-state index is -0.336. The van der Waals surface area contributed by atoms with Crippen LogP contribution in [0.2, 0.25) is 0 Å². The van der Waals surface area contributed by atoms with E-state index in [1.165, 1.54) is 0 Å². The first-order chi connectivity index (χ1) is 10.2. The Morgan fingerprint density at radius 1 is 1.10 bits per heavy atom. The molecule has 0 atom stereocenters. The predicted molar refractivity (Wildman–Crippen MR) is 81.3 cm³/mol. The fourth-order valence-corrected chi connectivity index (χ4v) is 1.97. The number of benzene rings is 2. The number of nitrogens with two attached hydrogens (primary N) is 1. The van der Waals surface area contributed by atoms with Crippen molar-refractivity contribution in [1.82, 2.24) is 0 Å². The molecule has 2 aromatic carbocycles. The largest absolute Gasteiger partial charge is 0.497 e. The third-order valence-corrected chi connectivity index (χ3v) is 3.13. The Labute approximate surface area is 124 Å². The van der Waals surface area contributed by atoms with Gasteiger partial charge >= 0.3 is 5.97 Å². The molecule has 0 saturated heterocycles. The summed E-state index contributed by atoms with van der Waals surface area (Å²) in [4.78, 5) is 12.0. The molecule has 0 spiro atoms. The van der Waals surface area contributed by atoms with Crippen LogP contribution >= 0.6 is 0 Å². The van der Waals surface area contributed by atoms with Crippen molar-refractivity contribution in [3.8, 4) is 5.75 Å². The molecule has 2 N–H and O–H groups in total. The fraction of sp³-hybridized carbons (Fsp3) is 0.235. The molecule has 0 amide bonds. The molecule has 0 heterocycles. The van der Waals surface area contributed by atoms with E-state index in [4.69, 9.17) is 15.2 Å². The van der Waals surface area contributed by atoms with E-state index in [1.807, 2.05) is 36.4 Å². The molecule has 21 heavy (non-hydrogen) atoms. The van der Waals surface area contributed by atoms with Crippen molar-refractivity contribution < 1.29 is 14.3 Å². The molecule has 0 aliphatic rings. The zero-order chi connectivity index (χ0) is 15.1. The van der Waals surface area contributed by atoms with E-state index < -0.39 is 0 Å². The molecule has 4 heteroatoms. The number of carbonyl (C=O) groups is 1. The standard InChI is InChI=1S/C17H19NO3/c1-20-16-4-2-3-14(11-16)12-21-17(19)15-7-5-13(6-8-15)9-10-18/h2-8,11H,9-10,12,18H2,1H3. The van der Waals surface area contributed by atoms with Crippen LogP contribution < -0.4 is 10.5 Å². The topological polar surface area (TPSA) is 61.5 Å². The molecule has 0 saturated carbocycles. The highest BCUT2D eigenvalue weighted by Crippen LogP contribution is 2.14. The maximum Gasteiger partial charge on any atom is 0.338 e. The van der Waals surface area contributed by atoms with Crippen molar-refractivity contribution in [1.29, 1.82) is 0 Å². The van der Waals surface area contributed by atoms with Gasteiger partial charge in [0.25, 0.3) is 0 Å². The second-order valence-electron chi connectivity index (χ2n) is 4.66. The fourth-order valence-electron chi connectivity index (χ4n) is 1.97. The van der Waals surface area contributed by atoms with Crippen LogP contribution in [0.3, 0.4) is 0 Å². The monoisotopic (exact) mass is 285 g/mol. The molecule has 2 rings (SSSR count). The van der Waals surface area contributed by atoms with E-state index in [0.717, 1.165) is 23.3 Å². The molecule has 4 nitrogen and oxygen atoms in total. The van der Waals surface area contributed by atoms with E-state index in [9.17, 15) is 4.79 Å². The zero-order valence-corrected chi connectivity index (χ0v) is 12.0. The van der Waals surface area contributed by atoms with E-state index in [0.29, 0.717) is 12.1 Å². The second kappa shape index (κ2) is 7.45. The van der Waals surface area contributed by atoms with Gasteiger partial charge in [-0.2, -0.15) is 0 Å². The number of rotatable bonds is 6. The molecule has 0 fully saturated rings. The Kier molecular flexibility index (Phi) is 5.35. The summed E-state index contributed by atoms with van der Waals surface area (Å²) in [7, 11) is 1.61. The van der Waals surface area contributed by atoms with Gasteiger partial charge < -0.3 is 15.2 Å². The molecule has 110 valence electrons. The molecule has 0 unspecified atom stereocenters. The first kappa shape index (κ1) is 15.1. The van der Waals surface area contributed by atoms with E-state index in [-0.39, 0.29) is 12.6 Å². The average Bonchev–Trinajstić information content (AvgIpc) is 2.54. The van der Waals surface area contributed by atoms with Crippen molar-refractivity contribution in [2.75, 3.05) is 13.7 Å². The van der Waals surface area contributed by atoms with Crippen molar-refractivity contribution in [3.05, 3.63) is 65.2 Å². The van der Waals surface area contributed by atoms with Crippen LogP contribution in [0.5, 0.6) is 5.75 Å². The lowest BCUT2D eigenvalue weighted by Crippen LogP contribution is -2.06. The maximum atomic E-state index is 12.0. The quantitative estimate of drug-likeness (QED) is 0.829. The van der Waals surface area contributed by atoms with Gasteiger partial charge in [-0.1, -0.05) is 24.3 Å². The highest BCUT2D eigenvalue weighted by atomic mass is 16.5. The van der Waals surface area contributed by atoms with Crippen LogP contribution in [0.15, 0.2) is 48.5 Å². The van der Waals surface area contributed by atoms with Gasteiger partial charge in [-0.25, -0.2) is 4.79 Å². The van der Waals surface area contributed by atoms with Gasteiger partial charge in [-0.3, -0.25) is 0 Å². The molecule has 0 aliphatic heterocycles. The minimum absolute atomic E-state index is 0.223. The van der Waals surface area contributed by atoms with Crippen LogP contribution in [0.1, 0.15) is 21.5 Å². The van der Waals surface area contributed by atoms with Crippen molar-refractivity contribution in [2.45, 2.75) is 13.0 Å². The Hall–Kier alpha value is -2.33. The SMILES string of the molecule is COc1cccc(COC(=O)c2ccc(CCN)cc2)c1. The average molecular weight is 285 g/mol. The Balaban J connectivity index is 1.94. The Morgan fingerprint density at radius 3 is 2.52 bits per heavy atom. The van der Waals surface area contributed by atoms with Crippen LogP contribution in [0.4, 0.5) is 0 Å². The summed E-state index contributed by atoms with van der Waals surface area (Å²) >= 11 is 0. The van der Waals surface area contributed by atoms with Crippen LogP contribution in [-0.4, -0.2) is 19.6 Å². The highest BCUT2D eigenvalue weighted by molar-refractivity contribution is 5.89. The second-order valence-corrected chi connectivity index (χ2v) is 4.66. The van der Waals surface area contributed by atoms with Crippen molar-refractivity contribution >= 4 is 5.97 Å². The van der Waals surface area contributed by atoms with Gasteiger partial charge in [-0.05, 0) is 48.4 Å². The van der Waals surface area contributed by atoms with Crippen LogP contribution in [0.25, 0.3) is 0 Å². The van der Waals surface area contributed by atoms with Crippen LogP contribution in [-0.2, 0) is 17.8 Å². The van der Waals surface area contributed by atoms with E-state index in [2.05, 4.69) is 0 Å². The van der Waals surface area contributed by atoms with Crippen molar-refractivity contribution in [3.63, 3.8) is 0 Å². The van der Waals surface area contributed by atoms with E-state index in [1.54, 1.807) is 19.2 Å². The Morgan fingerprint density at radius 2 is 1.86 bits per heavy atom. The molecular weight excluding hydrogens is 266 g/mol. The summed E-state index contributed by atoms with van der Waals surface area (Å²) in [6.45, 7) is 0.820. The number of methoxy groups -OCH3 is 1. The molecule has 0 aliphatic carbocycles. The summed E-state index contributed by atoms with van der Waals surface area (Å²) in [5, 5.41) is 0. The molecule has 0 bridgehead atoms. The third kappa shape index (κ3) is 4.33. The maximum absolute atomic E-state index is 12.0. The van der Waals surface area contributed by atoms with Gasteiger partial charge in [-0.15, -0.1) is 0 Å².